The van der Waals surface area contributed by atoms with Crippen LogP contribution in [0, 0.1) is 0 Å². The fourth-order valence-corrected chi connectivity index (χ4v) is 1.78. The van der Waals surface area contributed by atoms with Crippen molar-refractivity contribution in [2.75, 3.05) is 0 Å². The Morgan fingerprint density at radius 3 is 2.86 bits per heavy atom. The van der Waals surface area contributed by atoms with E-state index in [4.69, 9.17) is 11.6 Å². The highest BCUT2D eigenvalue weighted by atomic mass is 35.5. The summed E-state index contributed by atoms with van der Waals surface area (Å²) < 4.78 is 1.41. The number of aromatic nitrogens is 2. The molecule has 72 valence electrons. The molecule has 4 nitrogen and oxygen atoms in total. The Morgan fingerprint density at radius 1 is 1.50 bits per heavy atom. The normalized spacial score (nSPS) is 10.7. The Morgan fingerprint density at radius 2 is 2.21 bits per heavy atom. The second-order valence-electron chi connectivity index (χ2n) is 3.01. The molecule has 14 heavy (non-hydrogen) atoms. The summed E-state index contributed by atoms with van der Waals surface area (Å²) >= 11 is 5.92. The average Bonchev–Trinajstić information content (AvgIpc) is 2.43. The number of fused-ring (bicyclic) bond motifs is 1. The number of halogens is 1. The molecule has 0 bridgehead atoms. The van der Waals surface area contributed by atoms with E-state index in [0.29, 0.717) is 27.9 Å². The van der Waals surface area contributed by atoms with Crippen molar-refractivity contribution in [3.63, 3.8) is 0 Å². The van der Waals surface area contributed by atoms with Crippen molar-refractivity contribution < 1.29 is 4.79 Å². The quantitative estimate of drug-likeness (QED) is 0.722. The van der Waals surface area contributed by atoms with Crippen LogP contribution in [0.4, 0.5) is 0 Å². The summed E-state index contributed by atoms with van der Waals surface area (Å²) in [5, 5.41) is 0.394. The zero-order valence-corrected chi connectivity index (χ0v) is 8.13. The molecule has 0 aliphatic rings. The molecule has 5 heteroatoms. The summed E-state index contributed by atoms with van der Waals surface area (Å²) in [5.74, 6) is 0. The van der Waals surface area contributed by atoms with E-state index in [2.05, 4.69) is 4.98 Å². The Balaban J connectivity index is 2.96. The molecule has 0 unspecified atom stereocenters. The second-order valence-corrected chi connectivity index (χ2v) is 3.41. The number of hydrogen-bond acceptors (Lipinski definition) is 2. The summed E-state index contributed by atoms with van der Waals surface area (Å²) in [4.78, 5) is 24.4. The molecule has 1 heterocycles. The fraction of sp³-hybridized carbons (Fsp3) is 0.111. The molecule has 0 saturated heterocycles. The number of aromatic amines is 1. The summed E-state index contributed by atoms with van der Waals surface area (Å²) in [5.41, 5.74) is 1.39. The predicted octanol–water partition coefficient (Wildman–Crippen LogP) is 1.33. The summed E-state index contributed by atoms with van der Waals surface area (Å²) in [6.07, 6.45) is 0.691. The maximum absolute atomic E-state index is 11.3. The Kier molecular flexibility index (Phi) is 1.93. The van der Waals surface area contributed by atoms with Gasteiger partial charge in [-0.05, 0) is 12.1 Å². The van der Waals surface area contributed by atoms with Gasteiger partial charge in [0.15, 0.2) is 0 Å². The van der Waals surface area contributed by atoms with Gasteiger partial charge in [0.2, 0.25) is 0 Å². The third-order valence-electron chi connectivity index (χ3n) is 2.10. The maximum atomic E-state index is 11.3. The van der Waals surface area contributed by atoms with Gasteiger partial charge in [0.05, 0.1) is 16.1 Å². The highest BCUT2D eigenvalue weighted by molar-refractivity contribution is 6.35. The molecule has 2 aromatic rings. The molecule has 1 N–H and O–H groups in total. The number of imidazole rings is 1. The number of H-pyrrole nitrogens is 1. The van der Waals surface area contributed by atoms with Crippen LogP contribution in [0.25, 0.3) is 11.0 Å². The van der Waals surface area contributed by atoms with E-state index >= 15 is 0 Å². The van der Waals surface area contributed by atoms with Crippen molar-refractivity contribution in [1.29, 1.82) is 0 Å². The van der Waals surface area contributed by atoms with Crippen molar-refractivity contribution in [1.82, 2.24) is 9.55 Å². The van der Waals surface area contributed by atoms with Gasteiger partial charge in [-0.15, -0.1) is 0 Å². The average molecular weight is 211 g/mol. The molecule has 0 aliphatic carbocycles. The third kappa shape index (κ3) is 1.15. The van der Waals surface area contributed by atoms with E-state index in [1.807, 2.05) is 0 Å². The smallest absolute Gasteiger partial charge is 0.305 e. The van der Waals surface area contributed by atoms with Crippen LogP contribution in [0.15, 0.2) is 16.9 Å². The molecule has 1 aromatic heterocycles. The van der Waals surface area contributed by atoms with Crippen LogP contribution in [-0.2, 0) is 7.05 Å². The van der Waals surface area contributed by atoms with Gasteiger partial charge in [0, 0.05) is 12.6 Å². The molecular weight excluding hydrogens is 204 g/mol. The molecule has 0 radical (unpaired) electrons. The number of aryl methyl sites for hydroxylation is 1. The number of benzene rings is 1. The third-order valence-corrected chi connectivity index (χ3v) is 2.39. The van der Waals surface area contributed by atoms with E-state index in [1.165, 1.54) is 10.6 Å². The van der Waals surface area contributed by atoms with Gasteiger partial charge in [-0.1, -0.05) is 11.6 Å². The van der Waals surface area contributed by atoms with E-state index in [0.717, 1.165) is 0 Å². The van der Waals surface area contributed by atoms with Gasteiger partial charge in [0.25, 0.3) is 0 Å². The van der Waals surface area contributed by atoms with Crippen molar-refractivity contribution in [2.24, 2.45) is 7.05 Å². The number of nitrogens with zero attached hydrogens (tertiary/aromatic N) is 1. The lowest BCUT2D eigenvalue weighted by molar-refractivity contribution is 0.112. The SMILES string of the molecule is Cn1c(=O)[nH]c2cc(C=O)cc(Cl)c21. The minimum absolute atomic E-state index is 0.245. The number of carbonyl (C=O) groups is 1. The number of nitrogens with one attached hydrogen (secondary N) is 1. The van der Waals surface area contributed by atoms with E-state index in [9.17, 15) is 9.59 Å². The van der Waals surface area contributed by atoms with Crippen LogP contribution in [0.1, 0.15) is 10.4 Å². The van der Waals surface area contributed by atoms with Gasteiger partial charge in [-0.25, -0.2) is 4.79 Å². The second kappa shape index (κ2) is 2.99. The monoisotopic (exact) mass is 210 g/mol. The first-order chi connectivity index (χ1) is 6.63. The molecule has 0 saturated carbocycles. The van der Waals surface area contributed by atoms with Crippen molar-refractivity contribution >= 4 is 28.9 Å². The van der Waals surface area contributed by atoms with Crippen molar-refractivity contribution in [3.05, 3.63) is 33.2 Å². The minimum Gasteiger partial charge on any atom is -0.305 e. The molecular formula is C9H7ClN2O2. The van der Waals surface area contributed by atoms with Crippen LogP contribution in [0.3, 0.4) is 0 Å². The molecule has 2 rings (SSSR count). The highest BCUT2D eigenvalue weighted by Crippen LogP contribution is 2.21. The first kappa shape index (κ1) is 9.02. The van der Waals surface area contributed by atoms with E-state index in [1.54, 1.807) is 13.1 Å². The van der Waals surface area contributed by atoms with Crippen LogP contribution in [0.5, 0.6) is 0 Å². The Bertz CT molecular complexity index is 568. The standard InChI is InChI=1S/C9H7ClN2O2/c1-12-8-6(10)2-5(4-13)3-7(8)11-9(12)14/h2-4H,1H3,(H,11,14). The minimum atomic E-state index is -0.245. The summed E-state index contributed by atoms with van der Waals surface area (Å²) in [6.45, 7) is 0. The number of carbonyl (C=O) groups excluding carboxylic acids is 1. The highest BCUT2D eigenvalue weighted by Gasteiger charge is 2.08. The number of aldehydes is 1. The maximum Gasteiger partial charge on any atom is 0.326 e. The van der Waals surface area contributed by atoms with Crippen LogP contribution >= 0.6 is 11.6 Å². The lowest BCUT2D eigenvalue weighted by atomic mass is 10.2. The van der Waals surface area contributed by atoms with E-state index < -0.39 is 0 Å². The summed E-state index contributed by atoms with van der Waals surface area (Å²) in [6, 6.07) is 3.12. The molecule has 0 fully saturated rings. The molecule has 0 spiro atoms. The first-order valence-corrected chi connectivity index (χ1v) is 4.34. The zero-order chi connectivity index (χ0) is 10.3. The van der Waals surface area contributed by atoms with Crippen LogP contribution in [-0.4, -0.2) is 15.8 Å². The van der Waals surface area contributed by atoms with Gasteiger partial charge in [-0.2, -0.15) is 0 Å². The Labute approximate surface area is 84.1 Å². The lowest BCUT2D eigenvalue weighted by Crippen LogP contribution is -2.11. The molecule has 0 aliphatic heterocycles. The van der Waals surface area contributed by atoms with E-state index in [-0.39, 0.29) is 5.69 Å². The Hall–Kier alpha value is -1.55. The van der Waals surface area contributed by atoms with Crippen molar-refractivity contribution in [3.8, 4) is 0 Å². The van der Waals surface area contributed by atoms with Gasteiger partial charge in [-0.3, -0.25) is 9.36 Å². The van der Waals surface area contributed by atoms with Crippen molar-refractivity contribution in [2.45, 2.75) is 0 Å². The molecule has 0 amide bonds. The molecule has 1 aromatic carbocycles. The molecule has 0 atom stereocenters. The fourth-order valence-electron chi connectivity index (χ4n) is 1.42. The van der Waals surface area contributed by atoms with Gasteiger partial charge in [0.1, 0.15) is 6.29 Å². The topological polar surface area (TPSA) is 54.9 Å². The first-order valence-electron chi connectivity index (χ1n) is 3.97. The zero-order valence-electron chi connectivity index (χ0n) is 7.37. The number of rotatable bonds is 1. The predicted molar refractivity (Wildman–Crippen MR) is 53.9 cm³/mol. The largest absolute Gasteiger partial charge is 0.326 e. The van der Waals surface area contributed by atoms with Crippen LogP contribution in [0.2, 0.25) is 5.02 Å². The van der Waals surface area contributed by atoms with Crippen LogP contribution < -0.4 is 5.69 Å². The summed E-state index contributed by atoms with van der Waals surface area (Å²) in [7, 11) is 1.62. The lowest BCUT2D eigenvalue weighted by Gasteiger charge is -1.97. The number of hydrogen-bond donors (Lipinski definition) is 1. The van der Waals surface area contributed by atoms with Gasteiger partial charge >= 0.3 is 5.69 Å². The van der Waals surface area contributed by atoms with Gasteiger partial charge < -0.3 is 4.98 Å².